The van der Waals surface area contributed by atoms with Gasteiger partial charge in [-0.05, 0) is 43.4 Å². The van der Waals surface area contributed by atoms with E-state index in [2.05, 4.69) is 39.0 Å². The number of ether oxygens (including phenoxy) is 1. The van der Waals surface area contributed by atoms with E-state index in [-0.39, 0.29) is 24.5 Å². The molecule has 1 aliphatic heterocycles. The fourth-order valence-corrected chi connectivity index (χ4v) is 3.60. The van der Waals surface area contributed by atoms with Crippen LogP contribution in [0.5, 0.6) is 0 Å². The summed E-state index contributed by atoms with van der Waals surface area (Å²) in [5.74, 6) is -0.242. The molecule has 1 aliphatic rings. The van der Waals surface area contributed by atoms with Crippen LogP contribution >= 0.6 is 12.2 Å². The van der Waals surface area contributed by atoms with Crippen molar-refractivity contribution >= 4 is 23.3 Å². The highest BCUT2D eigenvalue weighted by molar-refractivity contribution is 7.80. The summed E-state index contributed by atoms with van der Waals surface area (Å²) in [6, 6.07) is 9.92. The smallest absolute Gasteiger partial charge is 0.307 e. The Hall–Kier alpha value is -2.41. The number of nitrogens with one attached hydrogen (secondary N) is 1. The first-order valence-electron chi connectivity index (χ1n) is 8.35. The number of carbonyl (C=O) groups excluding carboxylic acids is 1. The Morgan fingerprint density at radius 3 is 2.88 bits per heavy atom. The number of hydrogen-bond donors (Lipinski definition) is 1. The van der Waals surface area contributed by atoms with Crippen LogP contribution in [0.1, 0.15) is 36.8 Å². The summed E-state index contributed by atoms with van der Waals surface area (Å²) in [6.07, 6.45) is 4.13. The molecular formula is C18H22N4O2S. The molecule has 3 rings (SSSR count). The molecule has 0 aliphatic carbocycles. The minimum absolute atomic E-state index is 0.0259. The summed E-state index contributed by atoms with van der Waals surface area (Å²) in [7, 11) is 1.40. The molecule has 0 spiro atoms. The Bertz CT molecular complexity index is 747. The molecule has 2 aromatic heterocycles. The molecule has 25 heavy (non-hydrogen) atoms. The second-order valence-corrected chi connectivity index (χ2v) is 6.25. The fourth-order valence-electron chi connectivity index (χ4n) is 3.27. The maximum absolute atomic E-state index is 11.6. The van der Waals surface area contributed by atoms with E-state index < -0.39 is 0 Å². The van der Waals surface area contributed by atoms with Crippen LogP contribution in [0.2, 0.25) is 0 Å². The Morgan fingerprint density at radius 2 is 2.20 bits per heavy atom. The van der Waals surface area contributed by atoms with E-state index in [1.807, 2.05) is 24.3 Å². The van der Waals surface area contributed by atoms with Crippen LogP contribution in [0.25, 0.3) is 0 Å². The zero-order valence-corrected chi connectivity index (χ0v) is 15.2. The third-order valence-corrected chi connectivity index (χ3v) is 4.84. The Balaban J connectivity index is 1.96. The van der Waals surface area contributed by atoms with E-state index in [1.165, 1.54) is 7.11 Å². The lowest BCUT2D eigenvalue weighted by Crippen LogP contribution is -2.32. The summed E-state index contributed by atoms with van der Waals surface area (Å²) in [5.41, 5.74) is 2.08. The van der Waals surface area contributed by atoms with Crippen LogP contribution in [0.15, 0.2) is 42.7 Å². The molecule has 2 atom stereocenters. The number of esters is 1. The number of carbonyl (C=O) groups is 1. The van der Waals surface area contributed by atoms with Gasteiger partial charge in [0.05, 0.1) is 31.3 Å². The van der Waals surface area contributed by atoms with Gasteiger partial charge in [-0.15, -0.1) is 0 Å². The number of aromatic nitrogens is 2. The van der Waals surface area contributed by atoms with Gasteiger partial charge in [-0.3, -0.25) is 9.78 Å². The topological polar surface area (TPSA) is 59.4 Å². The van der Waals surface area contributed by atoms with Crippen molar-refractivity contribution < 1.29 is 9.53 Å². The van der Waals surface area contributed by atoms with Crippen LogP contribution in [0.4, 0.5) is 0 Å². The van der Waals surface area contributed by atoms with Crippen molar-refractivity contribution in [2.24, 2.45) is 0 Å². The zero-order chi connectivity index (χ0) is 17.8. The second kappa shape index (κ2) is 7.65. The highest BCUT2D eigenvalue weighted by atomic mass is 32.1. The third-order valence-electron chi connectivity index (χ3n) is 4.49. The van der Waals surface area contributed by atoms with E-state index >= 15 is 0 Å². The number of thiocarbonyl (C=S) groups is 1. The van der Waals surface area contributed by atoms with E-state index in [9.17, 15) is 4.79 Å². The van der Waals surface area contributed by atoms with Gasteiger partial charge in [0, 0.05) is 31.2 Å². The number of pyridine rings is 1. The van der Waals surface area contributed by atoms with Crippen molar-refractivity contribution in [3.05, 3.63) is 54.1 Å². The van der Waals surface area contributed by atoms with Gasteiger partial charge in [0.1, 0.15) is 0 Å². The molecule has 0 bridgehead atoms. The predicted molar refractivity (Wildman–Crippen MR) is 98.9 cm³/mol. The molecule has 7 heteroatoms. The Kier molecular flexibility index (Phi) is 5.33. The molecule has 1 saturated heterocycles. The first kappa shape index (κ1) is 17.4. The molecular weight excluding hydrogens is 336 g/mol. The van der Waals surface area contributed by atoms with E-state index in [4.69, 9.17) is 17.0 Å². The third kappa shape index (κ3) is 3.51. The second-order valence-electron chi connectivity index (χ2n) is 5.87. The molecule has 2 aromatic rings. The van der Waals surface area contributed by atoms with Crippen molar-refractivity contribution in [1.29, 1.82) is 0 Å². The average molecular weight is 358 g/mol. The van der Waals surface area contributed by atoms with Gasteiger partial charge in [-0.25, -0.2) is 0 Å². The minimum Gasteiger partial charge on any atom is -0.469 e. The van der Waals surface area contributed by atoms with Crippen molar-refractivity contribution in [3.63, 3.8) is 0 Å². The average Bonchev–Trinajstić information content (AvgIpc) is 3.24. The normalized spacial score (nSPS) is 19.8. The lowest BCUT2D eigenvalue weighted by Gasteiger charge is -2.28. The van der Waals surface area contributed by atoms with Gasteiger partial charge in [0.15, 0.2) is 5.11 Å². The minimum atomic E-state index is -0.242. The van der Waals surface area contributed by atoms with Crippen LogP contribution in [-0.2, 0) is 16.1 Å². The predicted octanol–water partition coefficient (Wildman–Crippen LogP) is 2.44. The van der Waals surface area contributed by atoms with Crippen molar-refractivity contribution in [3.8, 4) is 0 Å². The summed E-state index contributed by atoms with van der Waals surface area (Å²) in [4.78, 5) is 18.2. The number of nitrogens with zero attached hydrogens (tertiary/aromatic N) is 3. The van der Waals surface area contributed by atoms with E-state index in [0.717, 1.165) is 17.9 Å². The van der Waals surface area contributed by atoms with Crippen LogP contribution in [-0.4, -0.2) is 39.2 Å². The van der Waals surface area contributed by atoms with Gasteiger partial charge < -0.3 is 19.5 Å². The van der Waals surface area contributed by atoms with E-state index in [1.54, 1.807) is 6.20 Å². The van der Waals surface area contributed by atoms with Crippen LogP contribution < -0.4 is 5.32 Å². The van der Waals surface area contributed by atoms with Crippen LogP contribution in [0.3, 0.4) is 0 Å². The number of hydrogen-bond acceptors (Lipinski definition) is 4. The maximum atomic E-state index is 11.6. The summed E-state index contributed by atoms with van der Waals surface area (Å²) in [6.45, 7) is 3.48. The fraction of sp³-hybridized carbons (Fsp3) is 0.389. The summed E-state index contributed by atoms with van der Waals surface area (Å²) >= 11 is 5.56. The van der Waals surface area contributed by atoms with Crippen molar-refractivity contribution in [2.45, 2.75) is 32.0 Å². The van der Waals surface area contributed by atoms with Crippen LogP contribution in [0, 0.1) is 0 Å². The molecule has 0 saturated carbocycles. The molecule has 6 nitrogen and oxygen atoms in total. The molecule has 0 amide bonds. The molecule has 0 radical (unpaired) electrons. The van der Waals surface area contributed by atoms with Gasteiger partial charge in [-0.1, -0.05) is 6.07 Å². The van der Waals surface area contributed by atoms with E-state index in [0.29, 0.717) is 11.7 Å². The van der Waals surface area contributed by atoms with Gasteiger partial charge in [-0.2, -0.15) is 0 Å². The molecule has 3 heterocycles. The Labute approximate surface area is 152 Å². The quantitative estimate of drug-likeness (QED) is 0.632. The lowest BCUT2D eigenvalue weighted by atomic mass is 10.0. The number of rotatable bonds is 6. The SMILES string of the molecule is CCn1cccc1C1C(c2ccccn2)NC(=S)N1CCC(=O)OC. The Morgan fingerprint density at radius 1 is 1.36 bits per heavy atom. The van der Waals surface area contributed by atoms with Crippen molar-refractivity contribution in [1.82, 2.24) is 19.8 Å². The molecule has 132 valence electrons. The standard InChI is InChI=1S/C18H22N4O2S/c1-3-21-11-6-8-14(21)17-16(13-7-4-5-10-19-13)20-18(25)22(17)12-9-15(23)24-2/h4-8,10-11,16-17H,3,9,12H2,1-2H3,(H,20,25). The largest absolute Gasteiger partial charge is 0.469 e. The number of methoxy groups -OCH3 is 1. The first-order chi connectivity index (χ1) is 12.2. The maximum Gasteiger partial charge on any atom is 0.307 e. The van der Waals surface area contributed by atoms with Gasteiger partial charge in [0.25, 0.3) is 0 Å². The van der Waals surface area contributed by atoms with Gasteiger partial charge >= 0.3 is 5.97 Å². The monoisotopic (exact) mass is 358 g/mol. The highest BCUT2D eigenvalue weighted by Gasteiger charge is 2.40. The lowest BCUT2D eigenvalue weighted by molar-refractivity contribution is -0.140. The summed E-state index contributed by atoms with van der Waals surface area (Å²) in [5, 5.41) is 4.01. The molecule has 1 N–H and O–H groups in total. The highest BCUT2D eigenvalue weighted by Crippen LogP contribution is 2.38. The molecule has 1 fully saturated rings. The zero-order valence-electron chi connectivity index (χ0n) is 14.4. The molecule has 2 unspecified atom stereocenters. The van der Waals surface area contributed by atoms with Gasteiger partial charge in [0.2, 0.25) is 0 Å². The summed E-state index contributed by atoms with van der Waals surface area (Å²) < 4.78 is 6.98. The molecule has 0 aromatic carbocycles. The number of aryl methyl sites for hydroxylation is 1. The first-order valence-corrected chi connectivity index (χ1v) is 8.76. The van der Waals surface area contributed by atoms with Crippen molar-refractivity contribution in [2.75, 3.05) is 13.7 Å².